The predicted molar refractivity (Wildman–Crippen MR) is 78.7 cm³/mol. The number of nitrogens with zero attached hydrogens (tertiary/aromatic N) is 2. The van der Waals surface area contributed by atoms with Gasteiger partial charge in [-0.05, 0) is 32.0 Å². The Kier molecular flexibility index (Phi) is 4.39. The molecule has 0 aliphatic rings. The standard InChI is InChI=1S/C16H20N2O/c1-4-19-15-10-6-5-9-14(15)12-18(3)16-11-7-8-13(2)17-16/h5-11H,4,12H2,1-3H3. The molecule has 3 nitrogen and oxygen atoms in total. The van der Waals surface area contributed by atoms with E-state index in [0.29, 0.717) is 6.61 Å². The van der Waals surface area contributed by atoms with Crippen LogP contribution in [0.15, 0.2) is 42.5 Å². The molecule has 1 aromatic carbocycles. The minimum atomic E-state index is 0.684. The summed E-state index contributed by atoms with van der Waals surface area (Å²) in [7, 11) is 2.05. The van der Waals surface area contributed by atoms with Gasteiger partial charge >= 0.3 is 0 Å². The summed E-state index contributed by atoms with van der Waals surface area (Å²) >= 11 is 0. The fourth-order valence-electron chi connectivity index (χ4n) is 2.01. The number of benzene rings is 1. The Hall–Kier alpha value is -2.03. The molecule has 1 aromatic heterocycles. The zero-order chi connectivity index (χ0) is 13.7. The molecule has 0 bridgehead atoms. The molecule has 0 fully saturated rings. The molecular formula is C16H20N2O. The highest BCUT2D eigenvalue weighted by atomic mass is 16.5. The van der Waals surface area contributed by atoms with Crippen molar-refractivity contribution in [2.24, 2.45) is 0 Å². The summed E-state index contributed by atoms with van der Waals surface area (Å²) in [5, 5.41) is 0. The van der Waals surface area contributed by atoms with Crippen LogP contribution in [0.4, 0.5) is 5.82 Å². The fourth-order valence-corrected chi connectivity index (χ4v) is 2.01. The summed E-state index contributed by atoms with van der Waals surface area (Å²) < 4.78 is 5.65. The maximum Gasteiger partial charge on any atom is 0.128 e. The first-order valence-corrected chi connectivity index (χ1v) is 6.56. The number of pyridine rings is 1. The van der Waals surface area contributed by atoms with Gasteiger partial charge in [0.15, 0.2) is 0 Å². The van der Waals surface area contributed by atoms with E-state index in [2.05, 4.69) is 16.0 Å². The van der Waals surface area contributed by atoms with Crippen LogP contribution in [-0.4, -0.2) is 18.6 Å². The second-order valence-electron chi connectivity index (χ2n) is 4.53. The van der Waals surface area contributed by atoms with Crippen molar-refractivity contribution in [2.75, 3.05) is 18.6 Å². The average Bonchev–Trinajstić information content (AvgIpc) is 2.41. The van der Waals surface area contributed by atoms with Crippen LogP contribution in [0.5, 0.6) is 5.75 Å². The Morgan fingerprint density at radius 2 is 1.89 bits per heavy atom. The molecule has 0 spiro atoms. The zero-order valence-electron chi connectivity index (χ0n) is 11.8. The van der Waals surface area contributed by atoms with E-state index in [4.69, 9.17) is 4.74 Å². The van der Waals surface area contributed by atoms with E-state index in [9.17, 15) is 0 Å². The van der Waals surface area contributed by atoms with Gasteiger partial charge in [0.1, 0.15) is 11.6 Å². The summed E-state index contributed by atoms with van der Waals surface area (Å²) in [6.07, 6.45) is 0. The van der Waals surface area contributed by atoms with E-state index in [0.717, 1.165) is 23.8 Å². The van der Waals surface area contributed by atoms with E-state index in [1.54, 1.807) is 0 Å². The summed E-state index contributed by atoms with van der Waals surface area (Å²) in [6.45, 7) is 5.48. The molecule has 0 unspecified atom stereocenters. The van der Waals surface area contributed by atoms with Crippen LogP contribution in [0.1, 0.15) is 18.2 Å². The van der Waals surface area contributed by atoms with Gasteiger partial charge in [0.25, 0.3) is 0 Å². The van der Waals surface area contributed by atoms with E-state index < -0.39 is 0 Å². The highest BCUT2D eigenvalue weighted by molar-refractivity contribution is 5.42. The number of anilines is 1. The normalized spacial score (nSPS) is 10.3. The molecule has 19 heavy (non-hydrogen) atoms. The van der Waals surface area contributed by atoms with E-state index in [-0.39, 0.29) is 0 Å². The average molecular weight is 256 g/mol. The summed E-state index contributed by atoms with van der Waals surface area (Å²) in [5.74, 6) is 1.93. The third-order valence-electron chi connectivity index (χ3n) is 2.94. The van der Waals surface area contributed by atoms with Crippen LogP contribution < -0.4 is 9.64 Å². The van der Waals surface area contributed by atoms with Crippen molar-refractivity contribution >= 4 is 5.82 Å². The van der Waals surface area contributed by atoms with Crippen molar-refractivity contribution in [3.63, 3.8) is 0 Å². The molecule has 0 N–H and O–H groups in total. The Morgan fingerprint density at radius 3 is 2.63 bits per heavy atom. The van der Waals surface area contributed by atoms with Gasteiger partial charge in [-0.1, -0.05) is 24.3 Å². The molecule has 0 saturated heterocycles. The van der Waals surface area contributed by atoms with Gasteiger partial charge in [-0.3, -0.25) is 0 Å². The molecule has 2 rings (SSSR count). The SMILES string of the molecule is CCOc1ccccc1CN(C)c1cccc(C)n1. The molecule has 0 saturated carbocycles. The molecule has 0 amide bonds. The molecule has 100 valence electrons. The van der Waals surface area contributed by atoms with Crippen molar-refractivity contribution < 1.29 is 4.74 Å². The Labute approximate surface area is 114 Å². The minimum Gasteiger partial charge on any atom is -0.494 e. The first-order chi connectivity index (χ1) is 9.20. The third-order valence-corrected chi connectivity index (χ3v) is 2.94. The van der Waals surface area contributed by atoms with Crippen molar-refractivity contribution in [2.45, 2.75) is 20.4 Å². The van der Waals surface area contributed by atoms with Gasteiger partial charge in [0.2, 0.25) is 0 Å². The maximum atomic E-state index is 5.65. The van der Waals surface area contributed by atoms with Crippen LogP contribution in [0.2, 0.25) is 0 Å². The number of rotatable bonds is 5. The van der Waals surface area contributed by atoms with E-state index >= 15 is 0 Å². The zero-order valence-corrected chi connectivity index (χ0v) is 11.8. The summed E-state index contributed by atoms with van der Waals surface area (Å²) in [5.41, 5.74) is 2.21. The van der Waals surface area contributed by atoms with Crippen LogP contribution in [0.3, 0.4) is 0 Å². The molecule has 2 aromatic rings. The lowest BCUT2D eigenvalue weighted by molar-refractivity contribution is 0.336. The smallest absolute Gasteiger partial charge is 0.128 e. The van der Waals surface area contributed by atoms with Gasteiger partial charge in [-0.25, -0.2) is 4.98 Å². The lowest BCUT2D eigenvalue weighted by atomic mass is 10.2. The van der Waals surface area contributed by atoms with E-state index in [1.807, 2.05) is 57.3 Å². The largest absolute Gasteiger partial charge is 0.494 e. The number of aromatic nitrogens is 1. The minimum absolute atomic E-state index is 0.684. The molecule has 1 heterocycles. The van der Waals surface area contributed by atoms with Crippen molar-refractivity contribution in [3.05, 3.63) is 53.7 Å². The second kappa shape index (κ2) is 6.23. The summed E-state index contributed by atoms with van der Waals surface area (Å²) in [4.78, 5) is 6.66. The van der Waals surface area contributed by atoms with Gasteiger partial charge in [0, 0.05) is 24.8 Å². The number of aryl methyl sites for hydroxylation is 1. The monoisotopic (exact) mass is 256 g/mol. The first-order valence-electron chi connectivity index (χ1n) is 6.56. The van der Waals surface area contributed by atoms with E-state index in [1.165, 1.54) is 5.56 Å². The number of ether oxygens (including phenoxy) is 1. The Morgan fingerprint density at radius 1 is 1.11 bits per heavy atom. The second-order valence-corrected chi connectivity index (χ2v) is 4.53. The van der Waals surface area contributed by atoms with Crippen LogP contribution >= 0.6 is 0 Å². The molecule has 0 aliphatic carbocycles. The van der Waals surface area contributed by atoms with Gasteiger partial charge in [-0.2, -0.15) is 0 Å². The maximum absolute atomic E-state index is 5.65. The summed E-state index contributed by atoms with van der Waals surface area (Å²) in [6, 6.07) is 14.2. The number of hydrogen-bond acceptors (Lipinski definition) is 3. The molecule has 0 radical (unpaired) electrons. The van der Waals surface area contributed by atoms with Gasteiger partial charge in [0.05, 0.1) is 6.61 Å². The molecular weight excluding hydrogens is 236 g/mol. The van der Waals surface area contributed by atoms with Gasteiger partial charge < -0.3 is 9.64 Å². The molecule has 3 heteroatoms. The van der Waals surface area contributed by atoms with Crippen LogP contribution in [-0.2, 0) is 6.54 Å². The third kappa shape index (κ3) is 3.47. The van der Waals surface area contributed by atoms with Gasteiger partial charge in [-0.15, -0.1) is 0 Å². The highest BCUT2D eigenvalue weighted by Gasteiger charge is 2.07. The lowest BCUT2D eigenvalue weighted by Crippen LogP contribution is -2.18. The highest BCUT2D eigenvalue weighted by Crippen LogP contribution is 2.21. The number of para-hydroxylation sites is 1. The van der Waals surface area contributed by atoms with Crippen LogP contribution in [0, 0.1) is 6.92 Å². The fraction of sp³-hybridized carbons (Fsp3) is 0.312. The quantitative estimate of drug-likeness (QED) is 0.819. The van der Waals surface area contributed by atoms with Crippen molar-refractivity contribution in [1.29, 1.82) is 0 Å². The Balaban J connectivity index is 2.16. The lowest BCUT2D eigenvalue weighted by Gasteiger charge is -2.20. The Bertz CT molecular complexity index is 540. The molecule has 0 atom stereocenters. The first kappa shape index (κ1) is 13.4. The van der Waals surface area contributed by atoms with Crippen molar-refractivity contribution in [1.82, 2.24) is 4.98 Å². The number of hydrogen-bond donors (Lipinski definition) is 0. The van der Waals surface area contributed by atoms with Crippen molar-refractivity contribution in [3.8, 4) is 5.75 Å². The topological polar surface area (TPSA) is 25.4 Å². The molecule has 0 aliphatic heterocycles. The van der Waals surface area contributed by atoms with Crippen LogP contribution in [0.25, 0.3) is 0 Å². The predicted octanol–water partition coefficient (Wildman–Crippen LogP) is 3.43.